The Kier molecular flexibility index (Phi) is 4.41. The van der Waals surface area contributed by atoms with E-state index in [0.29, 0.717) is 45.0 Å². The van der Waals surface area contributed by atoms with E-state index in [1.807, 2.05) is 0 Å². The summed E-state index contributed by atoms with van der Waals surface area (Å²) in [5.74, 6) is -2.48. The highest BCUT2D eigenvalue weighted by Crippen LogP contribution is 2.40. The van der Waals surface area contributed by atoms with Gasteiger partial charge in [0.1, 0.15) is 11.4 Å². The maximum Gasteiger partial charge on any atom is 0.272 e. The van der Waals surface area contributed by atoms with E-state index >= 15 is 0 Å². The van der Waals surface area contributed by atoms with Crippen LogP contribution in [0.5, 0.6) is 0 Å². The highest BCUT2D eigenvalue weighted by molar-refractivity contribution is 5.95. The molecule has 1 saturated heterocycles. The van der Waals surface area contributed by atoms with Crippen molar-refractivity contribution >= 4 is 11.6 Å². The molecular weight excluding hydrogens is 333 g/mol. The van der Waals surface area contributed by atoms with Crippen LogP contribution in [0.2, 0.25) is 0 Å². The van der Waals surface area contributed by atoms with Gasteiger partial charge in [0.05, 0.1) is 35.8 Å². The summed E-state index contributed by atoms with van der Waals surface area (Å²) in [6.07, 6.45) is 1.51. The molecule has 0 aromatic heterocycles. The van der Waals surface area contributed by atoms with E-state index in [4.69, 9.17) is 9.47 Å². The second kappa shape index (κ2) is 6.38. The van der Waals surface area contributed by atoms with E-state index in [1.165, 1.54) is 0 Å². The third kappa shape index (κ3) is 3.31. The highest BCUT2D eigenvalue weighted by Gasteiger charge is 2.47. The lowest BCUT2D eigenvalue weighted by Gasteiger charge is -2.40. The number of halogens is 1. The summed E-state index contributed by atoms with van der Waals surface area (Å²) >= 11 is 0. The molecule has 3 rings (SSSR count). The summed E-state index contributed by atoms with van der Waals surface area (Å²) in [4.78, 5) is 22.3. The number of nitriles is 1. The minimum atomic E-state index is -1.15. The average molecular weight is 349 g/mol. The number of hydrogen-bond donors (Lipinski definition) is 1. The smallest absolute Gasteiger partial charge is 0.272 e. The summed E-state index contributed by atoms with van der Waals surface area (Å²) in [6, 6.07) is 4.88. The van der Waals surface area contributed by atoms with Crippen LogP contribution in [0.25, 0.3) is 0 Å². The first-order valence-electron chi connectivity index (χ1n) is 7.84. The van der Waals surface area contributed by atoms with Crippen molar-refractivity contribution in [1.29, 1.82) is 5.26 Å². The molecule has 1 spiro atoms. The molecule has 132 valence electrons. The van der Waals surface area contributed by atoms with Gasteiger partial charge in [0.15, 0.2) is 5.79 Å². The third-order valence-electron chi connectivity index (χ3n) is 4.65. The Hall–Kier alpha value is -2.57. The fourth-order valence-corrected chi connectivity index (χ4v) is 3.19. The van der Waals surface area contributed by atoms with Crippen LogP contribution >= 0.6 is 0 Å². The fourth-order valence-electron chi connectivity index (χ4n) is 3.19. The molecule has 1 aromatic rings. The molecular formula is C16H16FN3O5. The predicted octanol–water partition coefficient (Wildman–Crippen LogP) is 2.04. The Morgan fingerprint density at radius 1 is 1.28 bits per heavy atom. The maximum atomic E-state index is 14.0. The van der Waals surface area contributed by atoms with Crippen LogP contribution in [0, 0.1) is 27.3 Å². The van der Waals surface area contributed by atoms with Crippen LogP contribution in [0.1, 0.15) is 36.0 Å². The number of carbonyl (C=O) groups excluding carboxylic acids is 1. The molecule has 1 heterocycles. The number of amides is 1. The summed E-state index contributed by atoms with van der Waals surface area (Å²) in [5.41, 5.74) is -1.93. The predicted molar refractivity (Wildman–Crippen MR) is 82.0 cm³/mol. The lowest BCUT2D eigenvalue weighted by atomic mass is 9.79. The standard InChI is InChI=1S/C16H16FN3O5/c17-13-9-11(20(22)23)1-2-12(13)14(21)19-15(10-18)3-5-16(6-4-15)24-7-8-25-16/h1-2,9H,3-8H2,(H,19,21). The van der Waals surface area contributed by atoms with Gasteiger partial charge in [0, 0.05) is 18.9 Å². The Morgan fingerprint density at radius 2 is 1.92 bits per heavy atom. The molecule has 8 nitrogen and oxygen atoms in total. The first-order chi connectivity index (χ1) is 11.9. The maximum absolute atomic E-state index is 14.0. The Bertz CT molecular complexity index is 745. The number of ether oxygens (including phenoxy) is 2. The van der Waals surface area contributed by atoms with Crippen molar-refractivity contribution in [2.24, 2.45) is 0 Å². The molecule has 2 fully saturated rings. The molecule has 25 heavy (non-hydrogen) atoms. The van der Waals surface area contributed by atoms with Crippen LogP contribution in [0.4, 0.5) is 10.1 Å². The molecule has 2 aliphatic rings. The molecule has 1 aliphatic heterocycles. The zero-order valence-corrected chi connectivity index (χ0v) is 13.3. The van der Waals surface area contributed by atoms with Gasteiger partial charge in [-0.15, -0.1) is 0 Å². The minimum Gasteiger partial charge on any atom is -0.348 e. The molecule has 1 aromatic carbocycles. The van der Waals surface area contributed by atoms with Gasteiger partial charge >= 0.3 is 0 Å². The molecule has 1 saturated carbocycles. The SMILES string of the molecule is N#CC1(NC(=O)c2ccc([N+](=O)[O-])cc2F)CCC2(CC1)OCCO2. The summed E-state index contributed by atoms with van der Waals surface area (Å²) in [7, 11) is 0. The zero-order valence-electron chi connectivity index (χ0n) is 13.3. The van der Waals surface area contributed by atoms with Gasteiger partial charge in [-0.3, -0.25) is 14.9 Å². The summed E-state index contributed by atoms with van der Waals surface area (Å²) in [6.45, 7) is 1.000. The van der Waals surface area contributed by atoms with Crippen LogP contribution in [-0.2, 0) is 9.47 Å². The van der Waals surface area contributed by atoms with E-state index in [9.17, 15) is 24.6 Å². The van der Waals surface area contributed by atoms with E-state index in [1.54, 1.807) is 0 Å². The molecule has 0 atom stereocenters. The molecule has 0 bridgehead atoms. The summed E-state index contributed by atoms with van der Waals surface area (Å²) in [5, 5.41) is 22.7. The minimum absolute atomic E-state index is 0.309. The Morgan fingerprint density at radius 3 is 2.44 bits per heavy atom. The number of nitrogens with one attached hydrogen (secondary N) is 1. The van der Waals surface area contributed by atoms with Crippen molar-refractivity contribution in [2.75, 3.05) is 13.2 Å². The van der Waals surface area contributed by atoms with E-state index in [2.05, 4.69) is 11.4 Å². The molecule has 9 heteroatoms. The van der Waals surface area contributed by atoms with Crippen molar-refractivity contribution in [3.63, 3.8) is 0 Å². The van der Waals surface area contributed by atoms with Gasteiger partial charge < -0.3 is 14.8 Å². The van der Waals surface area contributed by atoms with Crippen LogP contribution in [-0.4, -0.2) is 35.4 Å². The second-order valence-corrected chi connectivity index (χ2v) is 6.18. The first-order valence-corrected chi connectivity index (χ1v) is 7.84. The lowest BCUT2D eigenvalue weighted by Crippen LogP contribution is -2.53. The van der Waals surface area contributed by atoms with Crippen molar-refractivity contribution in [3.05, 3.63) is 39.7 Å². The van der Waals surface area contributed by atoms with E-state index in [-0.39, 0.29) is 5.56 Å². The van der Waals surface area contributed by atoms with E-state index in [0.717, 1.165) is 12.1 Å². The number of nitro groups is 1. The monoisotopic (exact) mass is 349 g/mol. The zero-order chi connectivity index (χ0) is 18.1. The number of nitro benzene ring substituents is 1. The second-order valence-electron chi connectivity index (χ2n) is 6.18. The number of carbonyl (C=O) groups is 1. The topological polar surface area (TPSA) is 114 Å². The summed E-state index contributed by atoms with van der Waals surface area (Å²) < 4.78 is 25.2. The lowest BCUT2D eigenvalue weighted by molar-refractivity contribution is -0.385. The number of hydrogen-bond acceptors (Lipinski definition) is 6. The highest BCUT2D eigenvalue weighted by atomic mass is 19.1. The van der Waals surface area contributed by atoms with Crippen LogP contribution in [0.3, 0.4) is 0 Å². The number of benzene rings is 1. The van der Waals surface area contributed by atoms with Crippen LogP contribution in [0.15, 0.2) is 18.2 Å². The Labute approximate surface area is 142 Å². The van der Waals surface area contributed by atoms with Crippen molar-refractivity contribution in [2.45, 2.75) is 37.0 Å². The third-order valence-corrected chi connectivity index (χ3v) is 4.65. The number of non-ortho nitro benzene ring substituents is 1. The van der Waals surface area contributed by atoms with Gasteiger partial charge in [-0.1, -0.05) is 0 Å². The average Bonchev–Trinajstić information content (AvgIpc) is 3.05. The fraction of sp³-hybridized carbons (Fsp3) is 0.500. The Balaban J connectivity index is 1.73. The van der Waals surface area contributed by atoms with Gasteiger partial charge in [-0.25, -0.2) is 4.39 Å². The van der Waals surface area contributed by atoms with Gasteiger partial charge in [-0.2, -0.15) is 5.26 Å². The van der Waals surface area contributed by atoms with Gasteiger partial charge in [0.2, 0.25) is 0 Å². The molecule has 1 aliphatic carbocycles. The number of rotatable bonds is 3. The quantitative estimate of drug-likeness (QED) is 0.660. The molecule has 0 radical (unpaired) electrons. The van der Waals surface area contributed by atoms with Gasteiger partial charge in [-0.05, 0) is 18.9 Å². The normalized spacial score (nSPS) is 20.8. The van der Waals surface area contributed by atoms with Gasteiger partial charge in [0.25, 0.3) is 11.6 Å². The first kappa shape index (κ1) is 17.3. The van der Waals surface area contributed by atoms with Crippen molar-refractivity contribution in [1.82, 2.24) is 5.32 Å². The largest absolute Gasteiger partial charge is 0.348 e. The number of nitrogens with zero attached hydrogens (tertiary/aromatic N) is 2. The van der Waals surface area contributed by atoms with Crippen LogP contribution < -0.4 is 5.32 Å². The molecule has 0 unspecified atom stereocenters. The van der Waals surface area contributed by atoms with Crippen molar-refractivity contribution < 1.29 is 23.6 Å². The molecule has 1 N–H and O–H groups in total. The van der Waals surface area contributed by atoms with E-state index < -0.39 is 33.7 Å². The van der Waals surface area contributed by atoms with Crippen molar-refractivity contribution in [3.8, 4) is 6.07 Å². The molecule has 1 amide bonds.